The van der Waals surface area contributed by atoms with Crippen molar-refractivity contribution in [1.29, 1.82) is 0 Å². The number of nitrogens with zero attached hydrogens (tertiary/aromatic N) is 1. The molecule has 0 fully saturated rings. The maximum atomic E-state index is 13.5. The highest BCUT2D eigenvalue weighted by Gasteiger charge is 2.51. The van der Waals surface area contributed by atoms with Gasteiger partial charge in [-0.25, -0.2) is 0 Å². The second-order valence-corrected chi connectivity index (χ2v) is 9.09. The van der Waals surface area contributed by atoms with Crippen LogP contribution in [0.3, 0.4) is 0 Å². The molecule has 2 heterocycles. The van der Waals surface area contributed by atoms with Gasteiger partial charge in [-0.3, -0.25) is 9.59 Å². The van der Waals surface area contributed by atoms with E-state index in [1.54, 1.807) is 35.2 Å². The fourth-order valence-corrected chi connectivity index (χ4v) is 4.71. The number of fused-ring (bicyclic) bond motifs is 2. The molecule has 0 saturated carbocycles. The van der Waals surface area contributed by atoms with Crippen molar-refractivity contribution in [3.8, 4) is 11.5 Å². The second-order valence-electron chi connectivity index (χ2n) is 8.17. The molecule has 1 unspecified atom stereocenters. The summed E-state index contributed by atoms with van der Waals surface area (Å²) in [5.41, 5.74) is 0.559. The molecule has 5 rings (SSSR count). The third kappa shape index (κ3) is 4.03. The highest BCUT2D eigenvalue weighted by Crippen LogP contribution is 2.44. The lowest BCUT2D eigenvalue weighted by Gasteiger charge is -2.23. The van der Waals surface area contributed by atoms with E-state index in [2.05, 4.69) is 15.9 Å². The maximum absolute atomic E-state index is 13.5. The third-order valence-corrected chi connectivity index (χ3v) is 6.53. The number of aliphatic hydroxyl groups is 1. The lowest BCUT2D eigenvalue weighted by Crippen LogP contribution is -2.42. The van der Waals surface area contributed by atoms with Crippen molar-refractivity contribution in [2.45, 2.75) is 18.4 Å². The van der Waals surface area contributed by atoms with Gasteiger partial charge in [0.1, 0.15) is 13.2 Å². The fourth-order valence-electron chi connectivity index (χ4n) is 4.35. The minimum Gasteiger partial charge on any atom is -0.486 e. The van der Waals surface area contributed by atoms with Crippen LogP contribution in [0.5, 0.6) is 11.5 Å². The van der Waals surface area contributed by atoms with Crippen LogP contribution in [0.25, 0.3) is 0 Å². The number of amides is 1. The molecule has 1 amide bonds. The van der Waals surface area contributed by atoms with Gasteiger partial charge in [-0.1, -0.05) is 46.3 Å². The number of anilines is 1. The zero-order valence-corrected chi connectivity index (χ0v) is 19.4. The van der Waals surface area contributed by atoms with Crippen molar-refractivity contribution >= 4 is 33.3 Å². The van der Waals surface area contributed by atoms with Gasteiger partial charge in [0.05, 0.1) is 12.1 Å². The van der Waals surface area contributed by atoms with Gasteiger partial charge in [0.25, 0.3) is 5.91 Å². The first-order valence-corrected chi connectivity index (χ1v) is 11.6. The zero-order chi connectivity index (χ0) is 23.0. The number of ether oxygens (including phenoxy) is 2. The van der Waals surface area contributed by atoms with Crippen LogP contribution in [0.1, 0.15) is 27.9 Å². The summed E-state index contributed by atoms with van der Waals surface area (Å²) in [7, 11) is 0. The van der Waals surface area contributed by atoms with E-state index in [1.165, 1.54) is 0 Å². The SMILES string of the molecule is O=C(CC1(O)C(=O)N(CCc2ccccc2)c2ccc(Br)cc21)c1ccc2c(c1)OCCO2. The van der Waals surface area contributed by atoms with Crippen molar-refractivity contribution in [3.05, 3.63) is 87.9 Å². The van der Waals surface area contributed by atoms with Crippen LogP contribution in [0.4, 0.5) is 5.69 Å². The average Bonchev–Trinajstić information content (AvgIpc) is 3.04. The number of benzene rings is 3. The topological polar surface area (TPSA) is 76.1 Å². The number of Topliss-reactive ketones (excluding diaryl/α,β-unsaturated/α-hetero) is 1. The van der Waals surface area contributed by atoms with Crippen molar-refractivity contribution in [2.24, 2.45) is 0 Å². The number of rotatable bonds is 6. The van der Waals surface area contributed by atoms with Gasteiger partial charge in [0.2, 0.25) is 0 Å². The maximum Gasteiger partial charge on any atom is 0.264 e. The van der Waals surface area contributed by atoms with E-state index < -0.39 is 11.5 Å². The summed E-state index contributed by atoms with van der Waals surface area (Å²) < 4.78 is 11.8. The summed E-state index contributed by atoms with van der Waals surface area (Å²) >= 11 is 3.43. The summed E-state index contributed by atoms with van der Waals surface area (Å²) in [5.74, 6) is 0.232. The quantitative estimate of drug-likeness (QED) is 0.504. The molecule has 2 aliphatic rings. The number of halogens is 1. The smallest absolute Gasteiger partial charge is 0.264 e. The molecule has 0 radical (unpaired) electrons. The minimum atomic E-state index is -1.94. The molecule has 33 heavy (non-hydrogen) atoms. The monoisotopic (exact) mass is 507 g/mol. The first kappa shape index (κ1) is 21.7. The fraction of sp³-hybridized carbons (Fsp3) is 0.231. The van der Waals surface area contributed by atoms with Crippen LogP contribution in [0.2, 0.25) is 0 Å². The molecule has 2 aliphatic heterocycles. The van der Waals surface area contributed by atoms with Crippen LogP contribution >= 0.6 is 15.9 Å². The molecule has 1 N–H and O–H groups in total. The second kappa shape index (κ2) is 8.65. The average molecular weight is 508 g/mol. The van der Waals surface area contributed by atoms with E-state index in [4.69, 9.17) is 9.47 Å². The van der Waals surface area contributed by atoms with Crippen molar-refractivity contribution in [2.75, 3.05) is 24.7 Å². The molecule has 0 aliphatic carbocycles. The Bertz CT molecular complexity index is 1230. The summed E-state index contributed by atoms with van der Waals surface area (Å²) in [4.78, 5) is 28.2. The van der Waals surface area contributed by atoms with Crippen LogP contribution in [-0.4, -0.2) is 36.6 Å². The third-order valence-electron chi connectivity index (χ3n) is 6.04. The Kier molecular flexibility index (Phi) is 5.68. The number of carbonyl (C=O) groups excluding carboxylic acids is 2. The Morgan fingerprint density at radius 2 is 1.76 bits per heavy atom. The van der Waals surface area contributed by atoms with Gasteiger partial charge in [0, 0.05) is 22.1 Å². The predicted octanol–water partition coefficient (Wildman–Crippen LogP) is 4.27. The molecule has 0 spiro atoms. The number of hydrogen-bond acceptors (Lipinski definition) is 5. The molecular formula is C26H22BrNO5. The van der Waals surface area contributed by atoms with E-state index in [-0.39, 0.29) is 12.2 Å². The van der Waals surface area contributed by atoms with E-state index in [9.17, 15) is 14.7 Å². The van der Waals surface area contributed by atoms with E-state index in [0.717, 1.165) is 10.0 Å². The lowest BCUT2D eigenvalue weighted by molar-refractivity contribution is -0.135. The lowest BCUT2D eigenvalue weighted by atomic mass is 9.88. The van der Waals surface area contributed by atoms with Gasteiger partial charge in [-0.05, 0) is 48.4 Å². The Morgan fingerprint density at radius 1 is 1.00 bits per heavy atom. The number of carbonyl (C=O) groups is 2. The standard InChI is InChI=1S/C26H22BrNO5/c27-19-7-8-21-20(15-19)26(31,25(30)28(21)11-10-17-4-2-1-3-5-17)16-22(29)18-6-9-23-24(14-18)33-13-12-32-23/h1-9,14-15,31H,10-13,16H2. The molecular weight excluding hydrogens is 486 g/mol. The Balaban J connectivity index is 1.43. The van der Waals surface area contributed by atoms with Crippen LogP contribution in [-0.2, 0) is 16.8 Å². The number of hydrogen-bond donors (Lipinski definition) is 1. The van der Waals surface area contributed by atoms with Crippen molar-refractivity contribution < 1.29 is 24.2 Å². The molecule has 168 valence electrons. The molecule has 0 bridgehead atoms. The normalized spacial score (nSPS) is 18.8. The van der Waals surface area contributed by atoms with Gasteiger partial charge in [-0.2, -0.15) is 0 Å². The largest absolute Gasteiger partial charge is 0.486 e. The van der Waals surface area contributed by atoms with E-state index in [0.29, 0.717) is 54.5 Å². The minimum absolute atomic E-state index is 0.348. The molecule has 0 aromatic heterocycles. The Hall–Kier alpha value is -3.16. The molecule has 6 nitrogen and oxygen atoms in total. The molecule has 0 saturated heterocycles. The molecule has 1 atom stereocenters. The van der Waals surface area contributed by atoms with Crippen LogP contribution in [0, 0.1) is 0 Å². The first-order chi connectivity index (χ1) is 16.0. The van der Waals surface area contributed by atoms with Gasteiger partial charge in [0.15, 0.2) is 22.9 Å². The van der Waals surface area contributed by atoms with Crippen molar-refractivity contribution in [3.63, 3.8) is 0 Å². The molecule has 3 aromatic rings. The summed E-state index contributed by atoms with van der Waals surface area (Å²) in [6.07, 6.45) is 0.269. The summed E-state index contributed by atoms with van der Waals surface area (Å²) in [6, 6.07) is 20.1. The molecule has 3 aromatic carbocycles. The Morgan fingerprint density at radius 3 is 2.55 bits per heavy atom. The predicted molar refractivity (Wildman–Crippen MR) is 127 cm³/mol. The highest BCUT2D eigenvalue weighted by molar-refractivity contribution is 9.10. The summed E-state index contributed by atoms with van der Waals surface area (Å²) in [6.45, 7) is 1.27. The van der Waals surface area contributed by atoms with Gasteiger partial charge < -0.3 is 19.5 Å². The summed E-state index contributed by atoms with van der Waals surface area (Å²) in [5, 5.41) is 11.6. The van der Waals surface area contributed by atoms with E-state index >= 15 is 0 Å². The van der Waals surface area contributed by atoms with Crippen LogP contribution < -0.4 is 14.4 Å². The van der Waals surface area contributed by atoms with Crippen LogP contribution in [0.15, 0.2) is 71.2 Å². The zero-order valence-electron chi connectivity index (χ0n) is 17.8. The Labute approximate surface area is 199 Å². The van der Waals surface area contributed by atoms with Gasteiger partial charge in [-0.15, -0.1) is 0 Å². The number of ketones is 1. The van der Waals surface area contributed by atoms with Crippen molar-refractivity contribution in [1.82, 2.24) is 0 Å². The molecule has 7 heteroatoms. The van der Waals surface area contributed by atoms with E-state index in [1.807, 2.05) is 36.4 Å². The highest BCUT2D eigenvalue weighted by atomic mass is 79.9. The first-order valence-electron chi connectivity index (χ1n) is 10.8. The van der Waals surface area contributed by atoms with Gasteiger partial charge >= 0.3 is 0 Å².